The van der Waals surface area contributed by atoms with Crippen LogP contribution in [0.5, 0.6) is 0 Å². The summed E-state index contributed by atoms with van der Waals surface area (Å²) in [4.78, 5) is 29.9. The van der Waals surface area contributed by atoms with E-state index in [1.54, 1.807) is 30.5 Å². The molecule has 0 aliphatic carbocycles. The number of para-hydroxylation sites is 1. The molecule has 1 amide bonds. The monoisotopic (exact) mass is 422 g/mol. The van der Waals surface area contributed by atoms with Gasteiger partial charge in [-0.25, -0.2) is 9.78 Å². The number of hydrogen-bond acceptors (Lipinski definition) is 5. The number of amides is 1. The molecule has 1 N–H and O–H groups in total. The van der Waals surface area contributed by atoms with E-state index in [0.29, 0.717) is 33.6 Å². The van der Waals surface area contributed by atoms with Gasteiger partial charge in [0, 0.05) is 16.5 Å². The van der Waals surface area contributed by atoms with Crippen molar-refractivity contribution in [3.8, 4) is 11.5 Å². The van der Waals surface area contributed by atoms with E-state index in [1.807, 2.05) is 60.7 Å². The molecule has 0 spiro atoms. The summed E-state index contributed by atoms with van der Waals surface area (Å²) in [5.74, 6) is -0.484. The lowest BCUT2D eigenvalue weighted by atomic mass is 10.1. The largest absolute Gasteiger partial charge is 0.463 e. The van der Waals surface area contributed by atoms with Gasteiger partial charge < -0.3 is 14.5 Å². The molecule has 6 nitrogen and oxygen atoms in total. The number of furan rings is 1. The van der Waals surface area contributed by atoms with Crippen LogP contribution >= 0.6 is 0 Å². The molecule has 0 fully saturated rings. The molecule has 3 aromatic carbocycles. The predicted molar refractivity (Wildman–Crippen MR) is 122 cm³/mol. The zero-order valence-corrected chi connectivity index (χ0v) is 16.9. The zero-order chi connectivity index (χ0) is 21.9. The van der Waals surface area contributed by atoms with Crippen LogP contribution in [-0.4, -0.2) is 23.5 Å². The molecule has 5 rings (SSSR count). The Kier molecular flexibility index (Phi) is 5.09. The van der Waals surface area contributed by atoms with Crippen LogP contribution < -0.4 is 5.32 Å². The molecule has 2 aromatic heterocycles. The molecule has 5 aromatic rings. The smallest absolute Gasteiger partial charge is 0.339 e. The number of nitrogens with zero attached hydrogens (tertiary/aromatic N) is 1. The first-order valence-corrected chi connectivity index (χ1v) is 10.1. The number of aromatic nitrogens is 1. The van der Waals surface area contributed by atoms with E-state index in [-0.39, 0.29) is 0 Å². The number of nitrogens with one attached hydrogen (secondary N) is 1. The van der Waals surface area contributed by atoms with E-state index in [4.69, 9.17) is 9.15 Å². The van der Waals surface area contributed by atoms with E-state index in [0.717, 1.165) is 10.8 Å². The van der Waals surface area contributed by atoms with Crippen molar-refractivity contribution in [2.24, 2.45) is 0 Å². The lowest BCUT2D eigenvalue weighted by Gasteiger charge is -2.11. The molecule has 0 unspecified atom stereocenters. The number of fused-ring (bicyclic) bond motifs is 2. The third-order valence-corrected chi connectivity index (χ3v) is 5.11. The first kappa shape index (κ1) is 19.5. The Morgan fingerprint density at radius 2 is 1.66 bits per heavy atom. The lowest BCUT2D eigenvalue weighted by molar-refractivity contribution is -0.119. The van der Waals surface area contributed by atoms with Gasteiger partial charge in [0.05, 0.1) is 17.3 Å². The summed E-state index contributed by atoms with van der Waals surface area (Å²) in [6, 6.07) is 25.8. The van der Waals surface area contributed by atoms with Crippen molar-refractivity contribution < 1.29 is 18.7 Å². The van der Waals surface area contributed by atoms with Crippen molar-refractivity contribution in [3.63, 3.8) is 0 Å². The fourth-order valence-corrected chi connectivity index (χ4v) is 3.62. The average Bonchev–Trinajstić information content (AvgIpc) is 3.37. The van der Waals surface area contributed by atoms with Crippen molar-refractivity contribution in [3.05, 3.63) is 96.8 Å². The standard InChI is InChI=1S/C26H18N2O4/c29-25(28-21-12-5-8-17-7-1-2-9-18(17)21)16-32-26(30)20-15-23(24-13-6-14-31-24)27-22-11-4-3-10-19(20)22/h1-15H,16H2,(H,28,29). The second kappa shape index (κ2) is 8.35. The van der Waals surface area contributed by atoms with Crippen LogP contribution in [0.25, 0.3) is 33.1 Å². The van der Waals surface area contributed by atoms with Crippen LogP contribution in [0.15, 0.2) is 95.6 Å². The molecule has 6 heteroatoms. The van der Waals surface area contributed by atoms with Crippen LogP contribution in [0.4, 0.5) is 5.69 Å². The maximum atomic E-state index is 12.9. The van der Waals surface area contributed by atoms with Crippen LogP contribution in [0.1, 0.15) is 10.4 Å². The molecule has 0 radical (unpaired) electrons. The molecule has 0 saturated heterocycles. The Labute approximate surface area is 183 Å². The summed E-state index contributed by atoms with van der Waals surface area (Å²) < 4.78 is 10.8. The van der Waals surface area contributed by atoms with Gasteiger partial charge >= 0.3 is 5.97 Å². The summed E-state index contributed by atoms with van der Waals surface area (Å²) in [6.45, 7) is -0.408. The number of pyridine rings is 1. The summed E-state index contributed by atoms with van der Waals surface area (Å²) in [5, 5.41) is 5.39. The molecule has 156 valence electrons. The first-order chi connectivity index (χ1) is 15.7. The lowest BCUT2D eigenvalue weighted by Crippen LogP contribution is -2.21. The molecular formula is C26H18N2O4. The van der Waals surface area contributed by atoms with Crippen molar-refractivity contribution >= 4 is 39.2 Å². The Morgan fingerprint density at radius 1 is 0.875 bits per heavy atom. The third kappa shape index (κ3) is 3.81. The molecule has 2 heterocycles. The molecule has 0 aliphatic rings. The van der Waals surface area contributed by atoms with E-state index >= 15 is 0 Å². The highest BCUT2D eigenvalue weighted by Crippen LogP contribution is 2.26. The van der Waals surface area contributed by atoms with Crippen LogP contribution in [-0.2, 0) is 9.53 Å². The summed E-state index contributed by atoms with van der Waals surface area (Å²) in [7, 11) is 0. The second-order valence-corrected chi connectivity index (χ2v) is 7.20. The molecule has 0 aliphatic heterocycles. The van der Waals surface area contributed by atoms with Crippen LogP contribution in [0.2, 0.25) is 0 Å². The maximum absolute atomic E-state index is 12.9. The fourth-order valence-electron chi connectivity index (χ4n) is 3.62. The quantitative estimate of drug-likeness (QED) is 0.381. The Balaban J connectivity index is 1.36. The second-order valence-electron chi connectivity index (χ2n) is 7.20. The minimum Gasteiger partial charge on any atom is -0.463 e. The van der Waals surface area contributed by atoms with Crippen molar-refractivity contribution in [1.82, 2.24) is 4.98 Å². The molecule has 0 bridgehead atoms. The van der Waals surface area contributed by atoms with Gasteiger partial charge in [0.1, 0.15) is 5.69 Å². The number of hydrogen-bond donors (Lipinski definition) is 1. The SMILES string of the molecule is O=C(COC(=O)c1cc(-c2ccco2)nc2ccccc12)Nc1cccc2ccccc12. The first-order valence-electron chi connectivity index (χ1n) is 10.1. The van der Waals surface area contributed by atoms with Gasteiger partial charge in [-0.1, -0.05) is 54.6 Å². The number of carbonyl (C=O) groups is 2. The van der Waals surface area contributed by atoms with Gasteiger partial charge in [0.25, 0.3) is 5.91 Å². The minimum absolute atomic E-state index is 0.319. The van der Waals surface area contributed by atoms with Gasteiger partial charge in [-0.05, 0) is 35.7 Å². The zero-order valence-electron chi connectivity index (χ0n) is 16.9. The molecule has 32 heavy (non-hydrogen) atoms. The summed E-state index contributed by atoms with van der Waals surface area (Å²) in [5.41, 5.74) is 2.13. The van der Waals surface area contributed by atoms with Crippen molar-refractivity contribution in [2.45, 2.75) is 0 Å². The topological polar surface area (TPSA) is 81.4 Å². The van der Waals surface area contributed by atoms with Crippen LogP contribution in [0.3, 0.4) is 0 Å². The number of anilines is 1. The Hall–Kier alpha value is -4.45. The van der Waals surface area contributed by atoms with E-state index in [2.05, 4.69) is 10.3 Å². The summed E-state index contributed by atoms with van der Waals surface area (Å²) >= 11 is 0. The highest BCUT2D eigenvalue weighted by molar-refractivity contribution is 6.06. The predicted octanol–water partition coefficient (Wildman–Crippen LogP) is 5.44. The van der Waals surface area contributed by atoms with Gasteiger partial charge in [-0.3, -0.25) is 4.79 Å². The van der Waals surface area contributed by atoms with Gasteiger partial charge in [0.2, 0.25) is 0 Å². The van der Waals surface area contributed by atoms with Gasteiger partial charge in [-0.2, -0.15) is 0 Å². The number of benzene rings is 3. The van der Waals surface area contributed by atoms with E-state index in [9.17, 15) is 9.59 Å². The normalized spacial score (nSPS) is 10.9. The number of esters is 1. The summed E-state index contributed by atoms with van der Waals surface area (Å²) in [6.07, 6.45) is 1.54. The highest BCUT2D eigenvalue weighted by atomic mass is 16.5. The molecule has 0 saturated carbocycles. The van der Waals surface area contributed by atoms with Gasteiger partial charge in [0.15, 0.2) is 12.4 Å². The van der Waals surface area contributed by atoms with E-state index in [1.165, 1.54) is 0 Å². The van der Waals surface area contributed by atoms with Crippen LogP contribution in [0, 0.1) is 0 Å². The van der Waals surface area contributed by atoms with E-state index < -0.39 is 18.5 Å². The average molecular weight is 422 g/mol. The highest BCUT2D eigenvalue weighted by Gasteiger charge is 2.17. The molecule has 0 atom stereocenters. The number of carbonyl (C=O) groups excluding carboxylic acids is 2. The number of rotatable bonds is 5. The Bertz CT molecular complexity index is 1440. The minimum atomic E-state index is -0.607. The number of ether oxygens (including phenoxy) is 1. The molecular weight excluding hydrogens is 404 g/mol. The Morgan fingerprint density at radius 3 is 2.50 bits per heavy atom. The van der Waals surface area contributed by atoms with Gasteiger partial charge in [-0.15, -0.1) is 0 Å². The maximum Gasteiger partial charge on any atom is 0.339 e. The van der Waals surface area contributed by atoms with Crippen molar-refractivity contribution in [1.29, 1.82) is 0 Å². The van der Waals surface area contributed by atoms with Crippen molar-refractivity contribution in [2.75, 3.05) is 11.9 Å². The fraction of sp³-hybridized carbons (Fsp3) is 0.0385. The third-order valence-electron chi connectivity index (χ3n) is 5.11.